The number of carboxylic acid groups (broad SMARTS) is 1. The predicted octanol–water partition coefficient (Wildman–Crippen LogP) is -5.40. The summed E-state index contributed by atoms with van der Waals surface area (Å²) in [5, 5.41) is 45.3. The standard InChI is InChI=1S/C50H85N17O13/c1-79-38-18-17-29(26-39(38)80-2)25-35(45(73)62-32(12-4-6-20-52)44(72)64-34(49(77)78)15-9-23-59-50(57)58)65-46(74)36-16-10-24-67(36)48(76)33(14-8-22-54)61-40(69)28-60-43(71)31(13-7-21-53)63-47(75)41(37(68)27-55)66-42(70)30(56)11-3-5-19-51/h15,17-18,26,30-32,35-37,41,68H,3-14,16,19-25,27-28,51-56H2,1-2H3,(H,60,71)(H,62,73)(H,63,75)(H,64,72)(H,65,74)(H,66,70)(H,77,78)(H4,57,58,59)/b34-15-,61-33+/t30-,31-,32-,35-,36-,37-,41-/m0/s1. The van der Waals surface area contributed by atoms with Gasteiger partial charge in [-0.3, -0.25) is 43.8 Å². The second-order valence-electron chi connectivity index (χ2n) is 18.7. The normalized spacial score (nSPS) is 15.7. The third kappa shape index (κ3) is 23.9. The summed E-state index contributed by atoms with van der Waals surface area (Å²) in [5.74, 6) is -8.01. The minimum atomic E-state index is -1.61. The zero-order chi connectivity index (χ0) is 59.7. The molecule has 8 amide bonds. The molecule has 7 atom stereocenters. The van der Waals surface area contributed by atoms with E-state index in [-0.39, 0.29) is 102 Å². The van der Waals surface area contributed by atoms with Gasteiger partial charge in [0.15, 0.2) is 17.5 Å². The highest BCUT2D eigenvalue weighted by Gasteiger charge is 2.39. The minimum Gasteiger partial charge on any atom is -0.493 e. The van der Waals surface area contributed by atoms with E-state index in [4.69, 9.17) is 55.0 Å². The van der Waals surface area contributed by atoms with Gasteiger partial charge in [-0.1, -0.05) is 18.6 Å². The van der Waals surface area contributed by atoms with Gasteiger partial charge in [-0.2, -0.15) is 0 Å². The van der Waals surface area contributed by atoms with E-state index in [2.05, 4.69) is 42.2 Å². The van der Waals surface area contributed by atoms with Crippen LogP contribution < -0.4 is 86.8 Å². The van der Waals surface area contributed by atoms with E-state index in [9.17, 15) is 53.4 Å². The first-order chi connectivity index (χ1) is 38.2. The molecule has 30 nitrogen and oxygen atoms in total. The molecule has 1 heterocycles. The largest absolute Gasteiger partial charge is 0.493 e. The lowest BCUT2D eigenvalue weighted by Crippen LogP contribution is -2.60. The van der Waals surface area contributed by atoms with Crippen molar-refractivity contribution >= 4 is 64.9 Å². The van der Waals surface area contributed by atoms with Gasteiger partial charge in [0, 0.05) is 26.1 Å². The average Bonchev–Trinajstić information content (AvgIpc) is 3.98. The van der Waals surface area contributed by atoms with Gasteiger partial charge in [0.1, 0.15) is 41.6 Å². The van der Waals surface area contributed by atoms with Crippen LogP contribution in [0, 0.1) is 5.41 Å². The molecule has 1 saturated heterocycles. The molecule has 2 rings (SSSR count). The number of carbonyl (C=O) groups excluding carboxylic acids is 8. The Morgan fingerprint density at radius 2 is 1.39 bits per heavy atom. The number of ether oxygens (including phenoxy) is 2. The minimum absolute atomic E-state index is 0.0164. The molecule has 0 aromatic heterocycles. The number of nitrogens with two attached hydrogens (primary N) is 7. The molecule has 80 heavy (non-hydrogen) atoms. The third-order valence-electron chi connectivity index (χ3n) is 12.6. The lowest BCUT2D eigenvalue weighted by molar-refractivity contribution is -0.137. The van der Waals surface area contributed by atoms with Crippen molar-refractivity contribution in [1.82, 2.24) is 42.1 Å². The first kappa shape index (κ1) is 68.8. The Hall–Kier alpha value is -7.35. The van der Waals surface area contributed by atoms with E-state index in [0.717, 1.165) is 0 Å². The van der Waals surface area contributed by atoms with Gasteiger partial charge in [-0.15, -0.1) is 0 Å². The van der Waals surface area contributed by atoms with Crippen LogP contribution in [0.5, 0.6) is 11.5 Å². The van der Waals surface area contributed by atoms with E-state index in [1.165, 1.54) is 25.2 Å². The van der Waals surface area contributed by atoms with Crippen LogP contribution >= 0.6 is 0 Å². The topological polar surface area (TPSA) is 518 Å². The van der Waals surface area contributed by atoms with Crippen LogP contribution in [0.4, 0.5) is 0 Å². The molecule has 1 fully saturated rings. The number of likely N-dealkylation sites (tertiary alicyclic amines) is 1. The first-order valence-electron chi connectivity index (χ1n) is 26.6. The summed E-state index contributed by atoms with van der Waals surface area (Å²) < 4.78 is 10.8. The fourth-order valence-corrected chi connectivity index (χ4v) is 8.22. The average molecular weight is 1130 g/mol. The molecule has 24 N–H and O–H groups in total. The number of carbonyl (C=O) groups is 9. The monoisotopic (exact) mass is 1130 g/mol. The maximum absolute atomic E-state index is 14.4. The Labute approximate surface area is 465 Å². The van der Waals surface area contributed by atoms with Gasteiger partial charge in [-0.25, -0.2) is 9.79 Å². The number of hydrogen-bond donors (Lipinski definition) is 17. The Morgan fingerprint density at radius 3 is 2.00 bits per heavy atom. The molecule has 0 bridgehead atoms. The van der Waals surface area contributed by atoms with Crippen molar-refractivity contribution in [3.05, 3.63) is 35.5 Å². The molecular formula is C50H85N17O13. The second kappa shape index (κ2) is 37.5. The van der Waals surface area contributed by atoms with Gasteiger partial charge in [0.05, 0.1) is 32.9 Å². The first-order valence-corrected chi connectivity index (χ1v) is 26.6. The Kier molecular flexibility index (Phi) is 32.2. The molecule has 0 spiro atoms. The van der Waals surface area contributed by atoms with Gasteiger partial charge in [0.2, 0.25) is 35.4 Å². The fraction of sp³-hybridized carbons (Fsp3) is 0.620. The maximum Gasteiger partial charge on any atom is 0.352 e. The molecule has 1 aliphatic rings. The van der Waals surface area contributed by atoms with E-state index < -0.39 is 114 Å². The number of amides is 8. The van der Waals surface area contributed by atoms with Crippen LogP contribution in [0.25, 0.3) is 0 Å². The smallest absolute Gasteiger partial charge is 0.352 e. The van der Waals surface area contributed by atoms with E-state index in [0.29, 0.717) is 55.7 Å². The highest BCUT2D eigenvalue weighted by molar-refractivity contribution is 6.40. The highest BCUT2D eigenvalue weighted by atomic mass is 16.5. The number of aliphatic hydroxyl groups excluding tert-OH is 1. The Balaban J connectivity index is 2.43. The number of methoxy groups -OCH3 is 2. The van der Waals surface area contributed by atoms with Crippen molar-refractivity contribution < 1.29 is 62.8 Å². The molecule has 1 aliphatic heterocycles. The van der Waals surface area contributed by atoms with Crippen LogP contribution in [0.3, 0.4) is 0 Å². The van der Waals surface area contributed by atoms with E-state index in [1.54, 1.807) is 18.2 Å². The third-order valence-corrected chi connectivity index (χ3v) is 12.6. The quantitative estimate of drug-likeness (QED) is 0.0127. The van der Waals surface area contributed by atoms with Crippen molar-refractivity contribution in [1.29, 1.82) is 5.41 Å². The fourth-order valence-electron chi connectivity index (χ4n) is 8.22. The summed E-state index contributed by atoms with van der Waals surface area (Å²) in [6, 6.07) is -3.13. The Bertz CT molecular complexity index is 2300. The molecule has 1 aromatic rings. The van der Waals surface area contributed by atoms with Crippen molar-refractivity contribution in [2.24, 2.45) is 45.1 Å². The Morgan fingerprint density at radius 1 is 0.762 bits per heavy atom. The number of nitrogens with one attached hydrogen (secondary N) is 8. The SMILES string of the molecule is COc1ccc(C[C@H](NC(=O)[C@@H]2CCCN2C(=O)/C(CCCN)=N/C(=O)CNC(=O)[C@H](CCCN)NC(=O)[C@@H](NC(=O)[C@@H](N)CCCCN)[C@@H](O)CN)C(=O)N[C@@H](CCCCN)C(=O)N/C(=C\CCNC(=N)N)C(=O)O)cc1OC. The molecule has 0 saturated carbocycles. The summed E-state index contributed by atoms with van der Waals surface area (Å²) in [7, 11) is 2.84. The predicted molar refractivity (Wildman–Crippen MR) is 295 cm³/mol. The van der Waals surface area contributed by atoms with Crippen molar-refractivity contribution in [2.75, 3.05) is 66.6 Å². The lowest BCUT2D eigenvalue weighted by atomic mass is 10.0. The number of guanidine groups is 1. The summed E-state index contributed by atoms with van der Waals surface area (Å²) >= 11 is 0. The van der Waals surface area contributed by atoms with Crippen molar-refractivity contribution in [2.45, 2.75) is 132 Å². The van der Waals surface area contributed by atoms with Crippen LogP contribution in [-0.4, -0.2) is 189 Å². The number of nitrogens with zero attached hydrogens (tertiary/aromatic N) is 2. The zero-order valence-corrected chi connectivity index (χ0v) is 45.7. The molecular weight excluding hydrogens is 1050 g/mol. The molecule has 0 aliphatic carbocycles. The number of rotatable bonds is 38. The zero-order valence-electron chi connectivity index (χ0n) is 45.7. The van der Waals surface area contributed by atoms with Gasteiger partial charge in [-0.05, 0) is 121 Å². The van der Waals surface area contributed by atoms with Gasteiger partial charge < -0.3 is 102 Å². The van der Waals surface area contributed by atoms with Crippen molar-refractivity contribution in [3.8, 4) is 11.5 Å². The molecule has 1 aromatic carbocycles. The number of aliphatic imine (C=N–C) groups is 1. The van der Waals surface area contributed by atoms with Gasteiger partial charge >= 0.3 is 5.97 Å². The number of aliphatic hydroxyl groups is 1. The molecule has 0 radical (unpaired) electrons. The number of aliphatic carboxylic acids is 1. The number of hydrogen-bond acceptors (Lipinski definition) is 19. The van der Waals surface area contributed by atoms with Crippen LogP contribution in [0.15, 0.2) is 35.0 Å². The lowest BCUT2D eigenvalue weighted by Gasteiger charge is -2.28. The van der Waals surface area contributed by atoms with E-state index >= 15 is 0 Å². The van der Waals surface area contributed by atoms with Crippen LogP contribution in [0.2, 0.25) is 0 Å². The van der Waals surface area contributed by atoms with Crippen molar-refractivity contribution in [3.63, 3.8) is 0 Å². The van der Waals surface area contributed by atoms with Crippen LogP contribution in [0.1, 0.15) is 89.0 Å². The molecule has 0 unspecified atom stereocenters. The number of unbranched alkanes of at least 4 members (excludes halogenated alkanes) is 2. The summed E-state index contributed by atoms with van der Waals surface area (Å²) in [5.41, 5.74) is 39.3. The maximum atomic E-state index is 14.4. The summed E-state index contributed by atoms with van der Waals surface area (Å²) in [6.07, 6.45) is 2.39. The number of carboxylic acids is 1. The molecule has 448 valence electrons. The number of benzene rings is 1. The summed E-state index contributed by atoms with van der Waals surface area (Å²) in [4.78, 5) is 128. The highest BCUT2D eigenvalue weighted by Crippen LogP contribution is 2.28. The van der Waals surface area contributed by atoms with Gasteiger partial charge in [0.25, 0.3) is 11.8 Å². The van der Waals surface area contributed by atoms with Crippen LogP contribution in [-0.2, 0) is 49.6 Å². The molecule has 30 heteroatoms. The summed E-state index contributed by atoms with van der Waals surface area (Å²) in [6.45, 7) is -0.259. The second-order valence-corrected chi connectivity index (χ2v) is 18.7. The van der Waals surface area contributed by atoms with E-state index in [1.807, 2.05) is 0 Å².